The van der Waals surface area contributed by atoms with Crippen LogP contribution >= 0.6 is 0 Å². The minimum atomic E-state index is -1.99. The summed E-state index contributed by atoms with van der Waals surface area (Å²) < 4.78 is 25.0. The second-order valence-corrected chi connectivity index (χ2v) is 7.77. The van der Waals surface area contributed by atoms with Crippen LogP contribution in [-0.4, -0.2) is 53.8 Å². The van der Waals surface area contributed by atoms with Crippen molar-refractivity contribution in [3.05, 3.63) is 35.9 Å². The number of ether oxygens (including phenoxy) is 5. The van der Waals surface area contributed by atoms with E-state index in [1.165, 1.54) is 6.92 Å². The number of hydrogen-bond acceptors (Lipinski definition) is 10. The zero-order valence-corrected chi connectivity index (χ0v) is 18.9. The lowest BCUT2D eigenvalue weighted by molar-refractivity contribution is -0.198. The van der Waals surface area contributed by atoms with Gasteiger partial charge in [0.05, 0.1) is 0 Å². The van der Waals surface area contributed by atoms with Gasteiger partial charge in [0, 0.05) is 13.8 Å². The number of benzene rings is 1. The highest BCUT2D eigenvalue weighted by atomic mass is 16.6. The Labute approximate surface area is 186 Å². The van der Waals surface area contributed by atoms with Gasteiger partial charge < -0.3 is 23.7 Å². The molecule has 0 fully saturated rings. The van der Waals surface area contributed by atoms with Crippen molar-refractivity contribution in [1.82, 2.24) is 0 Å². The van der Waals surface area contributed by atoms with Gasteiger partial charge in [0.15, 0.2) is 6.10 Å². The fourth-order valence-electron chi connectivity index (χ4n) is 2.32. The number of carbonyl (C=O) groups is 5. The van der Waals surface area contributed by atoms with E-state index in [4.69, 9.17) is 23.7 Å². The van der Waals surface area contributed by atoms with Crippen molar-refractivity contribution in [3.8, 4) is 0 Å². The molecule has 1 aromatic carbocycles. The molecule has 0 amide bonds. The lowest BCUT2D eigenvalue weighted by Gasteiger charge is -2.27. The Bertz CT molecular complexity index is 825. The molecule has 1 unspecified atom stereocenters. The predicted octanol–water partition coefficient (Wildman–Crippen LogP) is 1.87. The Morgan fingerprint density at radius 1 is 0.781 bits per heavy atom. The molecule has 10 nitrogen and oxygen atoms in total. The van der Waals surface area contributed by atoms with Gasteiger partial charge in [-0.05, 0) is 33.3 Å². The van der Waals surface area contributed by atoms with E-state index in [0.717, 1.165) is 19.4 Å². The molecule has 1 rings (SSSR count). The van der Waals surface area contributed by atoms with E-state index in [2.05, 4.69) is 0 Å². The Kier molecular flexibility index (Phi) is 9.83. The highest BCUT2D eigenvalue weighted by Crippen LogP contribution is 2.16. The van der Waals surface area contributed by atoms with E-state index in [0.29, 0.717) is 0 Å². The van der Waals surface area contributed by atoms with E-state index in [-0.39, 0.29) is 6.61 Å². The monoisotopic (exact) mass is 452 g/mol. The molecule has 0 N–H and O–H groups in total. The summed E-state index contributed by atoms with van der Waals surface area (Å²) >= 11 is 0. The molecule has 32 heavy (non-hydrogen) atoms. The summed E-state index contributed by atoms with van der Waals surface area (Å²) in [4.78, 5) is 60.4. The summed E-state index contributed by atoms with van der Waals surface area (Å²) in [6, 6.07) is 8.82. The Morgan fingerprint density at radius 3 is 1.75 bits per heavy atom. The third-order valence-electron chi connectivity index (χ3n) is 3.58. The average Bonchev–Trinajstić information content (AvgIpc) is 2.67. The van der Waals surface area contributed by atoms with Gasteiger partial charge in [0.25, 0.3) is 0 Å². The first-order valence-electron chi connectivity index (χ1n) is 9.78. The van der Waals surface area contributed by atoms with E-state index in [9.17, 15) is 24.0 Å². The maximum Gasteiger partial charge on any atom is 0.352 e. The first-order chi connectivity index (χ1) is 14.8. The molecule has 0 bridgehead atoms. The van der Waals surface area contributed by atoms with Crippen LogP contribution in [0.25, 0.3) is 0 Å². The summed E-state index contributed by atoms with van der Waals surface area (Å²) in [5, 5.41) is 0. The quantitative estimate of drug-likeness (QED) is 0.404. The van der Waals surface area contributed by atoms with Gasteiger partial charge >= 0.3 is 29.8 Å². The van der Waals surface area contributed by atoms with Crippen molar-refractivity contribution in [2.45, 2.75) is 72.1 Å². The molecule has 176 valence electrons. The van der Waals surface area contributed by atoms with Crippen LogP contribution in [0, 0.1) is 0 Å². The Morgan fingerprint density at radius 2 is 1.28 bits per heavy atom. The summed E-state index contributed by atoms with van der Waals surface area (Å²) in [5.41, 5.74) is -0.272. The van der Waals surface area contributed by atoms with Gasteiger partial charge in [-0.15, -0.1) is 0 Å². The molecule has 0 aliphatic rings. The Balaban J connectivity index is 2.95. The molecule has 0 aromatic heterocycles. The van der Waals surface area contributed by atoms with Crippen LogP contribution in [0.5, 0.6) is 0 Å². The average molecular weight is 452 g/mol. The van der Waals surface area contributed by atoms with Gasteiger partial charge in [0.2, 0.25) is 12.2 Å². The topological polar surface area (TPSA) is 132 Å². The first-order valence-corrected chi connectivity index (χ1v) is 9.78. The van der Waals surface area contributed by atoms with Crippen LogP contribution in [0.3, 0.4) is 0 Å². The van der Waals surface area contributed by atoms with Crippen molar-refractivity contribution >= 4 is 29.8 Å². The third kappa shape index (κ3) is 9.59. The van der Waals surface area contributed by atoms with E-state index in [1.807, 2.05) is 0 Å². The van der Waals surface area contributed by atoms with Crippen LogP contribution < -0.4 is 0 Å². The van der Waals surface area contributed by atoms with Crippen molar-refractivity contribution in [1.29, 1.82) is 0 Å². The van der Waals surface area contributed by atoms with Gasteiger partial charge in [-0.25, -0.2) is 14.4 Å². The van der Waals surface area contributed by atoms with E-state index >= 15 is 0 Å². The van der Waals surface area contributed by atoms with Crippen LogP contribution in [0.2, 0.25) is 0 Å². The molecule has 0 aliphatic heterocycles. The lowest BCUT2D eigenvalue weighted by Crippen LogP contribution is -2.49. The molecule has 0 heterocycles. The molecule has 0 radical (unpaired) electrons. The molecule has 0 aliphatic carbocycles. The summed E-state index contributed by atoms with van der Waals surface area (Å²) in [6.45, 7) is 7.83. The highest BCUT2D eigenvalue weighted by molar-refractivity contribution is 5.90. The van der Waals surface area contributed by atoms with Gasteiger partial charge in [-0.1, -0.05) is 30.3 Å². The summed E-state index contributed by atoms with van der Waals surface area (Å²) in [6.07, 6.45) is -5.33. The van der Waals surface area contributed by atoms with Gasteiger partial charge in [-0.2, -0.15) is 0 Å². The number of carbonyl (C=O) groups excluding carboxylic acids is 5. The molecule has 3 atom stereocenters. The Hall–Kier alpha value is -3.43. The minimum absolute atomic E-state index is 0.0527. The zero-order chi connectivity index (χ0) is 24.5. The number of hydrogen-bond donors (Lipinski definition) is 0. The predicted molar refractivity (Wildman–Crippen MR) is 109 cm³/mol. The van der Waals surface area contributed by atoms with Gasteiger partial charge in [-0.3, -0.25) is 9.59 Å². The molecule has 10 heteroatoms. The number of rotatable bonds is 9. The minimum Gasteiger partial charge on any atom is -0.458 e. The second kappa shape index (κ2) is 11.8. The normalized spacial score (nSPS) is 13.7. The van der Waals surface area contributed by atoms with Crippen molar-refractivity contribution in [2.24, 2.45) is 0 Å². The van der Waals surface area contributed by atoms with Crippen molar-refractivity contribution < 1.29 is 47.7 Å². The van der Waals surface area contributed by atoms with Crippen LogP contribution in [-0.2, 0) is 54.3 Å². The molecular weight excluding hydrogens is 424 g/mol. The highest BCUT2D eigenvalue weighted by Gasteiger charge is 2.44. The SMILES string of the molecule is CC(=O)O[C@@H](C(=O)OC(C)C(=O)OCc1ccccc1)[C@@H](OC(C)=O)C(=O)OC(C)(C)C. The van der Waals surface area contributed by atoms with Crippen LogP contribution in [0.15, 0.2) is 30.3 Å². The fourth-order valence-corrected chi connectivity index (χ4v) is 2.32. The first kappa shape index (κ1) is 26.6. The fraction of sp³-hybridized carbons (Fsp3) is 0.500. The molecule has 0 saturated carbocycles. The summed E-state index contributed by atoms with van der Waals surface area (Å²) in [7, 11) is 0. The van der Waals surface area contributed by atoms with Crippen molar-refractivity contribution in [2.75, 3.05) is 0 Å². The molecule has 0 spiro atoms. The second-order valence-electron chi connectivity index (χ2n) is 7.77. The molecular formula is C22H28O10. The smallest absolute Gasteiger partial charge is 0.352 e. The largest absolute Gasteiger partial charge is 0.458 e. The van der Waals surface area contributed by atoms with Gasteiger partial charge in [0.1, 0.15) is 12.2 Å². The molecule has 0 saturated heterocycles. The maximum absolute atomic E-state index is 12.7. The van der Waals surface area contributed by atoms with Crippen LogP contribution in [0.4, 0.5) is 0 Å². The standard InChI is InChI=1S/C22H28O10/c1-13(19(25)28-12-16-10-8-7-9-11-16)29-20(26)17(30-14(2)23)18(31-15(3)24)21(27)32-22(4,5)6/h7-11,13,17-18H,12H2,1-6H3/t13?,17-,18-/m1/s1. The molecule has 1 aromatic rings. The summed E-state index contributed by atoms with van der Waals surface area (Å²) in [5.74, 6) is -5.17. The zero-order valence-electron chi connectivity index (χ0n) is 18.9. The van der Waals surface area contributed by atoms with E-state index in [1.54, 1.807) is 51.1 Å². The maximum atomic E-state index is 12.7. The lowest BCUT2D eigenvalue weighted by atomic mass is 10.1. The van der Waals surface area contributed by atoms with Crippen molar-refractivity contribution in [3.63, 3.8) is 0 Å². The van der Waals surface area contributed by atoms with E-state index < -0.39 is 53.8 Å². The van der Waals surface area contributed by atoms with Crippen LogP contribution in [0.1, 0.15) is 47.1 Å². The number of esters is 5. The third-order valence-corrected chi connectivity index (χ3v) is 3.58.